The van der Waals surface area contributed by atoms with Crippen molar-refractivity contribution in [3.63, 3.8) is 0 Å². The summed E-state index contributed by atoms with van der Waals surface area (Å²) in [4.78, 5) is 21.3. The van der Waals surface area contributed by atoms with Gasteiger partial charge in [0.1, 0.15) is 23.9 Å². The van der Waals surface area contributed by atoms with Crippen molar-refractivity contribution in [2.75, 3.05) is 0 Å². The maximum absolute atomic E-state index is 15.3. The van der Waals surface area contributed by atoms with Crippen molar-refractivity contribution in [3.05, 3.63) is 81.3 Å². The maximum atomic E-state index is 15.3. The molecule has 0 saturated carbocycles. The van der Waals surface area contributed by atoms with Crippen LogP contribution in [0.15, 0.2) is 47.8 Å². The van der Waals surface area contributed by atoms with Crippen molar-refractivity contribution in [3.8, 4) is 34.3 Å². The van der Waals surface area contributed by atoms with Gasteiger partial charge in [0, 0.05) is 24.4 Å². The van der Waals surface area contributed by atoms with E-state index < -0.39 is 5.82 Å². The predicted octanol–water partition coefficient (Wildman–Crippen LogP) is 3.38. The number of aryl methyl sites for hydroxylation is 1. The first-order valence-electron chi connectivity index (χ1n) is 11.3. The van der Waals surface area contributed by atoms with E-state index in [1.807, 2.05) is 6.92 Å². The number of fused-ring (bicyclic) bond motifs is 1. The van der Waals surface area contributed by atoms with Crippen LogP contribution in [0.2, 0.25) is 5.02 Å². The summed E-state index contributed by atoms with van der Waals surface area (Å²) < 4.78 is 19.9. The molecule has 1 N–H and O–H groups in total. The number of hydrogen-bond donors (Lipinski definition) is 1. The molecule has 1 aliphatic heterocycles. The summed E-state index contributed by atoms with van der Waals surface area (Å²) >= 11 is 6.11. The van der Waals surface area contributed by atoms with Gasteiger partial charge in [-0.3, -0.25) is 9.48 Å². The minimum absolute atomic E-state index is 0.0173. The normalized spacial score (nSPS) is 16.6. The highest BCUT2D eigenvalue weighted by molar-refractivity contribution is 6.31. The van der Waals surface area contributed by atoms with E-state index in [1.54, 1.807) is 34.6 Å². The highest BCUT2D eigenvalue weighted by atomic mass is 35.5. The number of tetrazole rings is 1. The number of rotatable bonds is 4. The fourth-order valence-corrected chi connectivity index (χ4v) is 5.15. The quantitative estimate of drug-likeness (QED) is 0.386. The topological polar surface area (TPSA) is 136 Å². The Morgan fingerprint density at radius 3 is 2.86 bits per heavy atom. The number of hydrogen-bond acceptors (Lipinski definition) is 7. The summed E-state index contributed by atoms with van der Waals surface area (Å²) in [7, 11) is 1.74. The SMILES string of the molecule is C[C@H]1C[C@@H](c2ncc(-c3c(C#N)cnn3C)[nH]2)n2c1cc(-c1c(-n3cnnn3)ccc(Cl)c1F)cc2=O. The van der Waals surface area contributed by atoms with Crippen LogP contribution < -0.4 is 5.56 Å². The Morgan fingerprint density at radius 1 is 1.27 bits per heavy atom. The standard InChI is InChI=1S/C24H18ClFN10O/c1-12-5-19(24-28-10-16(31-24)23-14(8-27)9-30-34(23)2)36-18(12)6-13(7-20(36)37)21-17(35-11-29-32-33-35)4-3-15(25)22(21)26/h3-4,6-7,9-12,19H,5H2,1-2H3,(H,28,31)/t12-,19-/m0/s1. The molecule has 0 aliphatic carbocycles. The van der Waals surface area contributed by atoms with E-state index in [0.29, 0.717) is 40.4 Å². The van der Waals surface area contributed by atoms with Gasteiger partial charge in [-0.1, -0.05) is 18.5 Å². The predicted molar refractivity (Wildman–Crippen MR) is 130 cm³/mol. The summed E-state index contributed by atoms with van der Waals surface area (Å²) in [6, 6.07) is 7.98. The number of benzene rings is 1. The molecular weight excluding hydrogens is 499 g/mol. The van der Waals surface area contributed by atoms with Crippen molar-refractivity contribution in [1.29, 1.82) is 5.26 Å². The average molecular weight is 517 g/mol. The zero-order chi connectivity index (χ0) is 25.8. The van der Waals surface area contributed by atoms with E-state index in [-0.39, 0.29) is 28.1 Å². The van der Waals surface area contributed by atoms with E-state index in [9.17, 15) is 10.1 Å². The van der Waals surface area contributed by atoms with Gasteiger partial charge in [0.05, 0.1) is 40.4 Å². The number of nitriles is 1. The molecule has 0 spiro atoms. The number of pyridine rings is 1. The molecular formula is C24H18ClFN10O. The summed E-state index contributed by atoms with van der Waals surface area (Å²) in [6.07, 6.45) is 5.09. The first kappa shape index (κ1) is 22.8. The third-order valence-electron chi connectivity index (χ3n) is 6.67. The monoisotopic (exact) mass is 516 g/mol. The lowest BCUT2D eigenvalue weighted by molar-refractivity contribution is 0.556. The fourth-order valence-electron chi connectivity index (χ4n) is 5.00. The molecule has 0 fully saturated rings. The first-order chi connectivity index (χ1) is 17.9. The minimum atomic E-state index is -0.665. The van der Waals surface area contributed by atoms with Crippen molar-refractivity contribution < 1.29 is 4.39 Å². The van der Waals surface area contributed by atoms with Crippen molar-refractivity contribution >= 4 is 11.6 Å². The summed E-state index contributed by atoms with van der Waals surface area (Å²) in [5.74, 6) is -0.0958. The smallest absolute Gasteiger partial charge is 0.252 e. The number of imidazole rings is 1. The lowest BCUT2D eigenvalue weighted by Crippen LogP contribution is -2.24. The second-order valence-electron chi connectivity index (χ2n) is 8.86. The van der Waals surface area contributed by atoms with Gasteiger partial charge in [-0.15, -0.1) is 5.10 Å². The molecule has 184 valence electrons. The Labute approximate surface area is 213 Å². The van der Waals surface area contributed by atoms with Crippen LogP contribution in [0.4, 0.5) is 4.39 Å². The van der Waals surface area contributed by atoms with E-state index in [2.05, 4.69) is 36.7 Å². The van der Waals surface area contributed by atoms with E-state index >= 15 is 4.39 Å². The minimum Gasteiger partial charge on any atom is -0.339 e. The lowest BCUT2D eigenvalue weighted by atomic mass is 9.99. The second kappa shape index (κ2) is 8.49. The van der Waals surface area contributed by atoms with Crippen LogP contribution in [0.1, 0.15) is 42.4 Å². The Balaban J connectivity index is 1.46. The number of nitrogens with zero attached hydrogens (tertiary/aromatic N) is 9. The molecule has 0 amide bonds. The molecule has 13 heteroatoms. The first-order valence-corrected chi connectivity index (χ1v) is 11.7. The van der Waals surface area contributed by atoms with Crippen molar-refractivity contribution in [1.82, 2.24) is 44.5 Å². The Bertz CT molecular complexity index is 1760. The zero-order valence-corrected chi connectivity index (χ0v) is 20.3. The number of aromatic nitrogens is 9. The summed E-state index contributed by atoms with van der Waals surface area (Å²) in [6.45, 7) is 2.00. The van der Waals surface area contributed by atoms with Crippen LogP contribution in [0, 0.1) is 17.1 Å². The zero-order valence-electron chi connectivity index (χ0n) is 19.6. The molecule has 6 rings (SSSR count). The lowest BCUT2D eigenvalue weighted by Gasteiger charge is -2.16. The summed E-state index contributed by atoms with van der Waals surface area (Å²) in [5.41, 5.74) is 2.97. The van der Waals surface area contributed by atoms with Gasteiger partial charge in [0.25, 0.3) is 5.56 Å². The molecule has 5 aromatic rings. The number of aromatic amines is 1. The molecule has 0 bridgehead atoms. The highest BCUT2D eigenvalue weighted by Gasteiger charge is 2.33. The van der Waals surface area contributed by atoms with Crippen molar-refractivity contribution in [2.24, 2.45) is 7.05 Å². The number of halogens is 2. The molecule has 11 nitrogen and oxygen atoms in total. The van der Waals surface area contributed by atoms with Gasteiger partial charge in [-0.25, -0.2) is 9.37 Å². The summed E-state index contributed by atoms with van der Waals surface area (Å²) in [5, 5.41) is 24.6. The van der Waals surface area contributed by atoms with Gasteiger partial charge in [-0.2, -0.15) is 15.0 Å². The van der Waals surface area contributed by atoms with Crippen LogP contribution in [0.25, 0.3) is 28.2 Å². The molecule has 1 aliphatic rings. The molecule has 37 heavy (non-hydrogen) atoms. The fraction of sp³-hybridized carbons (Fsp3) is 0.208. The largest absolute Gasteiger partial charge is 0.339 e. The van der Waals surface area contributed by atoms with E-state index in [0.717, 1.165) is 5.69 Å². The van der Waals surface area contributed by atoms with Crippen LogP contribution >= 0.6 is 11.6 Å². The third-order valence-corrected chi connectivity index (χ3v) is 6.97. The van der Waals surface area contributed by atoms with Crippen LogP contribution in [0.5, 0.6) is 0 Å². The van der Waals surface area contributed by atoms with Gasteiger partial charge < -0.3 is 9.55 Å². The average Bonchev–Trinajstić information content (AvgIpc) is 3.67. The van der Waals surface area contributed by atoms with E-state index in [1.165, 1.54) is 29.3 Å². The van der Waals surface area contributed by atoms with Gasteiger partial charge in [-0.05, 0) is 46.5 Å². The second-order valence-corrected chi connectivity index (χ2v) is 9.27. The van der Waals surface area contributed by atoms with Gasteiger partial charge >= 0.3 is 0 Å². The number of nitrogens with one attached hydrogen (secondary N) is 1. The molecule has 0 unspecified atom stereocenters. The Hall–Kier alpha value is -4.63. The molecule has 5 heterocycles. The molecule has 0 saturated heterocycles. The van der Waals surface area contributed by atoms with Crippen molar-refractivity contribution in [2.45, 2.75) is 25.3 Å². The van der Waals surface area contributed by atoms with E-state index in [4.69, 9.17) is 11.6 Å². The van der Waals surface area contributed by atoms with Gasteiger partial charge in [0.2, 0.25) is 0 Å². The van der Waals surface area contributed by atoms with Crippen LogP contribution in [-0.2, 0) is 7.05 Å². The highest BCUT2D eigenvalue weighted by Crippen LogP contribution is 2.41. The molecule has 4 aromatic heterocycles. The van der Waals surface area contributed by atoms with Gasteiger partial charge in [0.15, 0.2) is 5.82 Å². The molecule has 1 aromatic carbocycles. The molecule has 2 atom stereocenters. The number of H-pyrrole nitrogens is 1. The van der Waals surface area contributed by atoms with Crippen LogP contribution in [0.3, 0.4) is 0 Å². The van der Waals surface area contributed by atoms with Crippen LogP contribution in [-0.4, -0.2) is 44.5 Å². The third kappa shape index (κ3) is 3.54. The Morgan fingerprint density at radius 2 is 2.11 bits per heavy atom. The maximum Gasteiger partial charge on any atom is 0.252 e. The Kier molecular flexibility index (Phi) is 5.24. The molecule has 0 radical (unpaired) electrons.